The Balaban J connectivity index is 1.21. The van der Waals surface area contributed by atoms with Gasteiger partial charge in [0.05, 0.1) is 23.2 Å². The number of benzene rings is 3. The van der Waals surface area contributed by atoms with Gasteiger partial charge in [-0.25, -0.2) is 4.98 Å². The number of aliphatic carboxylic acids is 1. The number of carboxylic acid groups (broad SMARTS) is 1. The number of rotatable bonds is 7. The van der Waals surface area contributed by atoms with Crippen LogP contribution in [0.2, 0.25) is 10.0 Å². The number of halogens is 2. The molecule has 2 heterocycles. The first kappa shape index (κ1) is 26.2. The van der Waals surface area contributed by atoms with E-state index in [9.17, 15) is 14.7 Å². The van der Waals surface area contributed by atoms with Gasteiger partial charge in [-0.2, -0.15) is 0 Å². The molecule has 2 N–H and O–H groups in total. The van der Waals surface area contributed by atoms with Gasteiger partial charge in [-0.1, -0.05) is 41.4 Å². The number of ether oxygens (including phenoxy) is 2. The van der Waals surface area contributed by atoms with Crippen molar-refractivity contribution in [1.29, 1.82) is 0 Å². The number of carbonyl (C=O) groups excluding carboxylic acids is 1. The van der Waals surface area contributed by atoms with E-state index < -0.39 is 11.9 Å². The molecule has 1 atom stereocenters. The number of aromatic nitrogens is 1. The first-order valence-electron chi connectivity index (χ1n) is 12.9. The highest BCUT2D eigenvalue weighted by atomic mass is 35.5. The van der Waals surface area contributed by atoms with E-state index in [0.717, 1.165) is 24.0 Å². The number of carbonyl (C=O) groups is 2. The molecule has 0 spiro atoms. The second-order valence-electron chi connectivity index (χ2n) is 9.82. The Kier molecular flexibility index (Phi) is 7.09. The van der Waals surface area contributed by atoms with Crippen LogP contribution in [-0.2, 0) is 4.79 Å². The number of nitrogens with zero attached hydrogens (tertiary/aromatic N) is 1. The topological polar surface area (TPSA) is 97.8 Å². The van der Waals surface area contributed by atoms with Crippen LogP contribution in [0.4, 0.5) is 5.82 Å². The van der Waals surface area contributed by atoms with Crippen molar-refractivity contribution in [1.82, 2.24) is 4.98 Å². The van der Waals surface area contributed by atoms with E-state index in [1.165, 1.54) is 0 Å². The van der Waals surface area contributed by atoms with Crippen LogP contribution in [0.15, 0.2) is 72.8 Å². The summed E-state index contributed by atoms with van der Waals surface area (Å²) in [5, 5.41) is 13.5. The number of fused-ring (bicyclic) bond motifs is 1. The summed E-state index contributed by atoms with van der Waals surface area (Å²) < 4.78 is 12.2. The predicted octanol–water partition coefficient (Wildman–Crippen LogP) is 7.93. The molecule has 1 aliphatic carbocycles. The van der Waals surface area contributed by atoms with Crippen LogP contribution in [0.3, 0.4) is 0 Å². The van der Waals surface area contributed by atoms with E-state index in [2.05, 4.69) is 10.3 Å². The van der Waals surface area contributed by atoms with Gasteiger partial charge in [0, 0.05) is 27.3 Å². The van der Waals surface area contributed by atoms with Crippen molar-refractivity contribution in [2.24, 2.45) is 0 Å². The van der Waals surface area contributed by atoms with Crippen LogP contribution in [-0.4, -0.2) is 28.6 Å². The van der Waals surface area contributed by atoms with E-state index >= 15 is 0 Å². The lowest BCUT2D eigenvalue weighted by molar-refractivity contribution is -0.139. The number of anilines is 1. The molecule has 0 bridgehead atoms. The fourth-order valence-electron chi connectivity index (χ4n) is 4.88. The number of hydrogen-bond acceptors (Lipinski definition) is 5. The van der Waals surface area contributed by atoms with Crippen LogP contribution in [0.1, 0.15) is 52.6 Å². The first-order valence-corrected chi connectivity index (χ1v) is 13.7. The number of hydrogen-bond donors (Lipinski definition) is 2. The monoisotopic (exact) mass is 574 g/mol. The van der Waals surface area contributed by atoms with E-state index in [-0.39, 0.29) is 11.8 Å². The first-order chi connectivity index (χ1) is 19.4. The van der Waals surface area contributed by atoms with E-state index in [1.54, 1.807) is 48.5 Å². The van der Waals surface area contributed by atoms with E-state index in [4.69, 9.17) is 32.7 Å². The fourth-order valence-corrected chi connectivity index (χ4v) is 5.26. The minimum Gasteiger partial charge on any atom is -0.493 e. The Morgan fingerprint density at radius 3 is 2.42 bits per heavy atom. The summed E-state index contributed by atoms with van der Waals surface area (Å²) in [5.74, 6) is 0.297. The summed E-state index contributed by atoms with van der Waals surface area (Å²) in [6.07, 6.45) is 2.31. The van der Waals surface area contributed by atoms with Gasteiger partial charge in [-0.3, -0.25) is 9.59 Å². The molecule has 0 radical (unpaired) electrons. The SMILES string of the molecule is O=C(Nc1cccc(-c2ccc(Cl)cc2)n1)c1ccc(Oc2c(Cl)cc3c(c2C2CC2)OCCC3C(=O)O)cc1. The Morgan fingerprint density at radius 2 is 1.73 bits per heavy atom. The maximum atomic E-state index is 12.9. The Labute approximate surface area is 240 Å². The molecule has 1 aromatic heterocycles. The zero-order chi connectivity index (χ0) is 27.8. The quantitative estimate of drug-likeness (QED) is 0.232. The van der Waals surface area contributed by atoms with Crippen LogP contribution < -0.4 is 14.8 Å². The maximum Gasteiger partial charge on any atom is 0.311 e. The lowest BCUT2D eigenvalue weighted by Gasteiger charge is -2.27. The largest absolute Gasteiger partial charge is 0.493 e. The summed E-state index contributed by atoms with van der Waals surface area (Å²) in [5.41, 5.74) is 3.45. The van der Waals surface area contributed by atoms with Crippen LogP contribution in [0, 0.1) is 0 Å². The highest BCUT2D eigenvalue weighted by Gasteiger charge is 2.38. The molecule has 6 rings (SSSR count). The van der Waals surface area contributed by atoms with Gasteiger partial charge >= 0.3 is 5.97 Å². The average Bonchev–Trinajstić information content (AvgIpc) is 3.79. The van der Waals surface area contributed by atoms with Crippen molar-refractivity contribution in [2.45, 2.75) is 31.1 Å². The van der Waals surface area contributed by atoms with Gasteiger partial charge < -0.3 is 19.9 Å². The molecule has 3 aromatic carbocycles. The van der Waals surface area contributed by atoms with Crippen molar-refractivity contribution in [3.63, 3.8) is 0 Å². The smallest absolute Gasteiger partial charge is 0.311 e. The number of carboxylic acids is 1. The normalized spacial score (nSPS) is 16.0. The van der Waals surface area contributed by atoms with Crippen molar-refractivity contribution in [3.8, 4) is 28.5 Å². The highest BCUT2D eigenvalue weighted by Crippen LogP contribution is 2.55. The number of amides is 1. The Bertz CT molecular complexity index is 1600. The van der Waals surface area contributed by atoms with Crippen LogP contribution in [0.5, 0.6) is 17.2 Å². The molecule has 7 nitrogen and oxygen atoms in total. The van der Waals surface area contributed by atoms with Crippen molar-refractivity contribution in [3.05, 3.63) is 99.5 Å². The molecule has 1 aliphatic heterocycles. The molecule has 2 aliphatic rings. The molecule has 202 valence electrons. The molecule has 1 saturated carbocycles. The summed E-state index contributed by atoms with van der Waals surface area (Å²) in [6.45, 7) is 0.325. The molecule has 0 saturated heterocycles. The number of pyridine rings is 1. The summed E-state index contributed by atoms with van der Waals surface area (Å²) in [4.78, 5) is 29.3. The molecule has 1 amide bonds. The Hall–Kier alpha value is -4.07. The zero-order valence-electron chi connectivity index (χ0n) is 21.2. The fraction of sp³-hybridized carbons (Fsp3) is 0.194. The lowest BCUT2D eigenvalue weighted by atomic mass is 9.90. The maximum absolute atomic E-state index is 12.9. The molecular formula is C31H24Cl2N2O5. The van der Waals surface area contributed by atoms with Gasteiger partial charge in [-0.05, 0) is 79.8 Å². The standard InChI is InChI=1S/C31H24Cl2N2O5/c32-20-10-6-17(7-11-20)25-2-1-3-26(34-25)35-30(36)19-8-12-21(13-9-19)40-29-24(33)16-23-22(31(37)38)14-15-39-28(23)27(29)18-4-5-18/h1-3,6-13,16,18,22H,4-5,14-15H2,(H,37,38)(H,34,35,36). The van der Waals surface area contributed by atoms with Crippen molar-refractivity contribution >= 4 is 40.9 Å². The van der Waals surface area contributed by atoms with E-state index in [0.29, 0.717) is 63.0 Å². The van der Waals surface area contributed by atoms with Gasteiger partial charge in [0.15, 0.2) is 5.75 Å². The van der Waals surface area contributed by atoms with Crippen molar-refractivity contribution in [2.75, 3.05) is 11.9 Å². The van der Waals surface area contributed by atoms with Gasteiger partial charge in [0.2, 0.25) is 0 Å². The third kappa shape index (κ3) is 5.35. The van der Waals surface area contributed by atoms with Gasteiger partial charge in [0.1, 0.15) is 17.3 Å². The second-order valence-corrected chi connectivity index (χ2v) is 10.7. The van der Waals surface area contributed by atoms with Crippen LogP contribution in [0.25, 0.3) is 11.3 Å². The molecule has 9 heteroatoms. The van der Waals surface area contributed by atoms with Crippen molar-refractivity contribution < 1.29 is 24.2 Å². The second kappa shape index (κ2) is 10.8. The minimum atomic E-state index is -0.892. The zero-order valence-corrected chi connectivity index (χ0v) is 22.7. The lowest BCUT2D eigenvalue weighted by Crippen LogP contribution is -2.22. The predicted molar refractivity (Wildman–Crippen MR) is 153 cm³/mol. The molecule has 1 fully saturated rings. The van der Waals surface area contributed by atoms with Crippen LogP contribution >= 0.6 is 23.2 Å². The third-order valence-corrected chi connectivity index (χ3v) is 7.56. The number of nitrogens with one attached hydrogen (secondary N) is 1. The Morgan fingerprint density at radius 1 is 0.975 bits per heavy atom. The highest BCUT2D eigenvalue weighted by molar-refractivity contribution is 6.32. The molecule has 1 unspecified atom stereocenters. The van der Waals surface area contributed by atoms with Gasteiger partial charge in [-0.15, -0.1) is 0 Å². The molecule has 4 aromatic rings. The minimum absolute atomic E-state index is 0.205. The summed E-state index contributed by atoms with van der Waals surface area (Å²) in [7, 11) is 0. The van der Waals surface area contributed by atoms with E-state index in [1.807, 2.05) is 24.3 Å². The average molecular weight is 575 g/mol. The summed E-state index contributed by atoms with van der Waals surface area (Å²) in [6, 6.07) is 21.1. The molecular weight excluding hydrogens is 551 g/mol. The molecule has 40 heavy (non-hydrogen) atoms. The third-order valence-electron chi connectivity index (χ3n) is 7.03. The van der Waals surface area contributed by atoms with Gasteiger partial charge in [0.25, 0.3) is 5.91 Å². The summed E-state index contributed by atoms with van der Waals surface area (Å²) >= 11 is 12.6.